The van der Waals surface area contributed by atoms with Gasteiger partial charge in [-0.3, -0.25) is 0 Å². The normalized spacial score (nSPS) is 23.9. The third-order valence-corrected chi connectivity index (χ3v) is 5.52. The Morgan fingerprint density at radius 3 is 2.78 bits per heavy atom. The van der Waals surface area contributed by atoms with Gasteiger partial charge >= 0.3 is 6.03 Å². The maximum absolute atomic E-state index is 12.8. The summed E-state index contributed by atoms with van der Waals surface area (Å²) in [7, 11) is 0. The quantitative estimate of drug-likeness (QED) is 0.893. The summed E-state index contributed by atoms with van der Waals surface area (Å²) >= 11 is 0. The smallest absolute Gasteiger partial charge is 0.317 e. The number of amides is 2. The van der Waals surface area contributed by atoms with Gasteiger partial charge in [-0.05, 0) is 30.0 Å². The van der Waals surface area contributed by atoms with Crippen LogP contribution < -0.4 is 10.1 Å². The number of para-hydroxylation sites is 1. The molecular formula is C22H23N3O2. The molecule has 0 radical (unpaired) electrons. The largest absolute Gasteiger partial charge is 0.491 e. The van der Waals surface area contributed by atoms with Gasteiger partial charge in [-0.2, -0.15) is 5.26 Å². The van der Waals surface area contributed by atoms with E-state index in [2.05, 4.69) is 11.4 Å². The molecule has 5 heteroatoms. The predicted molar refractivity (Wildman–Crippen MR) is 103 cm³/mol. The lowest BCUT2D eigenvalue weighted by Crippen LogP contribution is -2.48. The predicted octanol–water partition coefficient (Wildman–Crippen LogP) is 3.25. The molecule has 2 amide bonds. The molecule has 4 rings (SSSR count). The molecule has 27 heavy (non-hydrogen) atoms. The molecule has 2 aliphatic heterocycles. The highest BCUT2D eigenvalue weighted by Gasteiger charge is 2.37. The summed E-state index contributed by atoms with van der Waals surface area (Å²) in [5.41, 5.74) is 3.37. The second-order valence-corrected chi connectivity index (χ2v) is 7.38. The van der Waals surface area contributed by atoms with Crippen molar-refractivity contribution in [3.8, 4) is 11.8 Å². The van der Waals surface area contributed by atoms with Crippen LogP contribution in [-0.4, -0.2) is 36.7 Å². The van der Waals surface area contributed by atoms with Crippen LogP contribution in [0.4, 0.5) is 4.79 Å². The SMILES string of the molecule is Cc1cccc2c1OCC(NC(=O)N1C[C@@H](C#N)[C@H](c3ccccc3)C1)C2. The molecule has 1 saturated heterocycles. The highest BCUT2D eigenvalue weighted by Crippen LogP contribution is 2.32. The van der Waals surface area contributed by atoms with Crippen LogP contribution in [0.5, 0.6) is 5.75 Å². The first-order valence-corrected chi connectivity index (χ1v) is 9.37. The molecule has 138 valence electrons. The number of ether oxygens (including phenoxy) is 1. The second kappa shape index (κ2) is 7.32. The van der Waals surface area contributed by atoms with Crippen LogP contribution in [0, 0.1) is 24.2 Å². The number of nitriles is 1. The highest BCUT2D eigenvalue weighted by molar-refractivity contribution is 5.75. The van der Waals surface area contributed by atoms with Gasteiger partial charge in [0.25, 0.3) is 0 Å². The fourth-order valence-corrected chi connectivity index (χ4v) is 4.09. The number of carbonyl (C=O) groups excluding carboxylic acids is 1. The van der Waals surface area contributed by atoms with E-state index in [-0.39, 0.29) is 23.9 Å². The monoisotopic (exact) mass is 361 g/mol. The zero-order valence-corrected chi connectivity index (χ0v) is 15.4. The molecule has 2 aliphatic rings. The number of nitrogens with zero attached hydrogens (tertiary/aromatic N) is 2. The Morgan fingerprint density at radius 1 is 1.19 bits per heavy atom. The highest BCUT2D eigenvalue weighted by atomic mass is 16.5. The van der Waals surface area contributed by atoms with Crippen molar-refractivity contribution < 1.29 is 9.53 Å². The van der Waals surface area contributed by atoms with Gasteiger partial charge < -0.3 is 15.0 Å². The molecule has 0 aromatic heterocycles. The lowest BCUT2D eigenvalue weighted by atomic mass is 9.90. The van der Waals surface area contributed by atoms with E-state index >= 15 is 0 Å². The van der Waals surface area contributed by atoms with Crippen LogP contribution >= 0.6 is 0 Å². The Morgan fingerprint density at radius 2 is 2.00 bits per heavy atom. The first kappa shape index (κ1) is 17.4. The van der Waals surface area contributed by atoms with E-state index in [1.165, 1.54) is 0 Å². The first-order valence-electron chi connectivity index (χ1n) is 9.37. The Bertz CT molecular complexity index is 875. The molecule has 0 spiro atoms. The number of fused-ring (bicyclic) bond motifs is 1. The third-order valence-electron chi connectivity index (χ3n) is 5.52. The van der Waals surface area contributed by atoms with Crippen molar-refractivity contribution in [2.45, 2.75) is 25.3 Å². The summed E-state index contributed by atoms with van der Waals surface area (Å²) in [4.78, 5) is 14.5. The number of hydrogen-bond donors (Lipinski definition) is 1. The summed E-state index contributed by atoms with van der Waals surface area (Å²) in [6, 6.07) is 18.3. The van der Waals surface area contributed by atoms with E-state index in [1.54, 1.807) is 4.90 Å². The number of nitrogens with one attached hydrogen (secondary N) is 1. The number of benzene rings is 2. The minimum atomic E-state index is -0.177. The van der Waals surface area contributed by atoms with Crippen molar-refractivity contribution in [3.63, 3.8) is 0 Å². The van der Waals surface area contributed by atoms with Gasteiger partial charge in [-0.1, -0.05) is 48.5 Å². The third kappa shape index (κ3) is 3.48. The average molecular weight is 361 g/mol. The number of rotatable bonds is 2. The second-order valence-electron chi connectivity index (χ2n) is 7.38. The van der Waals surface area contributed by atoms with E-state index in [1.807, 2.05) is 55.5 Å². The van der Waals surface area contributed by atoms with Crippen molar-refractivity contribution in [1.29, 1.82) is 5.26 Å². The number of aryl methyl sites for hydroxylation is 1. The Kier molecular flexibility index (Phi) is 4.72. The first-order chi connectivity index (χ1) is 13.2. The Balaban J connectivity index is 1.41. The molecule has 1 unspecified atom stereocenters. The van der Waals surface area contributed by atoms with Crippen LogP contribution in [0.25, 0.3) is 0 Å². The van der Waals surface area contributed by atoms with E-state index < -0.39 is 0 Å². The molecule has 1 fully saturated rings. The van der Waals surface area contributed by atoms with Gasteiger partial charge in [-0.25, -0.2) is 4.79 Å². The minimum absolute atomic E-state index is 0.0527. The van der Waals surface area contributed by atoms with Gasteiger partial charge in [-0.15, -0.1) is 0 Å². The number of urea groups is 1. The molecule has 2 aromatic carbocycles. The zero-order chi connectivity index (χ0) is 18.8. The fraction of sp³-hybridized carbons (Fsp3) is 0.364. The molecule has 0 saturated carbocycles. The van der Waals surface area contributed by atoms with Crippen molar-refractivity contribution in [1.82, 2.24) is 10.2 Å². The number of hydrogen-bond acceptors (Lipinski definition) is 3. The summed E-state index contributed by atoms with van der Waals surface area (Å²) < 4.78 is 5.88. The lowest BCUT2D eigenvalue weighted by Gasteiger charge is -2.29. The fourth-order valence-electron chi connectivity index (χ4n) is 4.09. The van der Waals surface area contributed by atoms with Crippen molar-refractivity contribution >= 4 is 6.03 Å². The lowest BCUT2D eigenvalue weighted by molar-refractivity contribution is 0.188. The van der Waals surface area contributed by atoms with E-state index in [0.29, 0.717) is 19.7 Å². The van der Waals surface area contributed by atoms with Crippen LogP contribution in [0.15, 0.2) is 48.5 Å². The van der Waals surface area contributed by atoms with E-state index in [0.717, 1.165) is 28.9 Å². The number of likely N-dealkylation sites (tertiary alicyclic amines) is 1. The molecule has 0 bridgehead atoms. The topological polar surface area (TPSA) is 65.4 Å². The summed E-state index contributed by atoms with van der Waals surface area (Å²) in [6.07, 6.45) is 0.764. The summed E-state index contributed by atoms with van der Waals surface area (Å²) in [5, 5.41) is 12.6. The van der Waals surface area contributed by atoms with Crippen molar-refractivity contribution in [2.75, 3.05) is 19.7 Å². The molecule has 2 heterocycles. The summed E-state index contributed by atoms with van der Waals surface area (Å²) in [6.45, 7) is 3.54. The summed E-state index contributed by atoms with van der Waals surface area (Å²) in [5.74, 6) is 0.829. The van der Waals surface area contributed by atoms with Crippen LogP contribution in [0.2, 0.25) is 0 Å². The van der Waals surface area contributed by atoms with Gasteiger partial charge in [0, 0.05) is 19.0 Å². The molecule has 0 aliphatic carbocycles. The maximum Gasteiger partial charge on any atom is 0.317 e. The van der Waals surface area contributed by atoms with Crippen LogP contribution in [0.1, 0.15) is 22.6 Å². The zero-order valence-electron chi connectivity index (χ0n) is 15.4. The molecule has 3 atom stereocenters. The van der Waals surface area contributed by atoms with Gasteiger partial charge in [0.2, 0.25) is 0 Å². The average Bonchev–Trinajstić information content (AvgIpc) is 3.13. The van der Waals surface area contributed by atoms with Gasteiger partial charge in [0.05, 0.1) is 18.0 Å². The molecule has 2 aromatic rings. The standard InChI is InChI=1S/C22H23N3O2/c1-15-6-5-9-17-10-19(14-27-21(15)17)24-22(26)25-12-18(11-23)20(13-25)16-7-3-2-4-8-16/h2-9,18-20H,10,12-14H2,1H3,(H,24,26)/t18-,19?,20+/m1/s1. The minimum Gasteiger partial charge on any atom is -0.491 e. The molecule has 1 N–H and O–H groups in total. The van der Waals surface area contributed by atoms with Gasteiger partial charge in [0.15, 0.2) is 0 Å². The van der Waals surface area contributed by atoms with E-state index in [9.17, 15) is 10.1 Å². The Hall–Kier alpha value is -3.00. The van der Waals surface area contributed by atoms with E-state index in [4.69, 9.17) is 4.74 Å². The maximum atomic E-state index is 12.8. The Labute approximate surface area is 159 Å². The van der Waals surface area contributed by atoms with Crippen LogP contribution in [-0.2, 0) is 6.42 Å². The van der Waals surface area contributed by atoms with Gasteiger partial charge in [0.1, 0.15) is 12.4 Å². The molecular weight excluding hydrogens is 338 g/mol. The van der Waals surface area contributed by atoms with Crippen molar-refractivity contribution in [3.05, 3.63) is 65.2 Å². The van der Waals surface area contributed by atoms with Crippen LogP contribution in [0.3, 0.4) is 0 Å². The number of carbonyl (C=O) groups is 1. The molecule has 5 nitrogen and oxygen atoms in total. The van der Waals surface area contributed by atoms with Crippen molar-refractivity contribution in [2.24, 2.45) is 5.92 Å².